The summed E-state index contributed by atoms with van der Waals surface area (Å²) in [7, 11) is 1.72. The van der Waals surface area contributed by atoms with Gasteiger partial charge < -0.3 is 15.4 Å². The summed E-state index contributed by atoms with van der Waals surface area (Å²) in [5, 5.41) is 0. The van der Waals surface area contributed by atoms with Gasteiger partial charge >= 0.3 is 0 Å². The van der Waals surface area contributed by atoms with Crippen LogP contribution in [0.25, 0.3) is 0 Å². The van der Waals surface area contributed by atoms with Crippen molar-refractivity contribution in [2.24, 2.45) is 5.73 Å². The van der Waals surface area contributed by atoms with Crippen molar-refractivity contribution in [2.75, 3.05) is 46.4 Å². The van der Waals surface area contributed by atoms with Crippen LogP contribution in [-0.2, 0) is 9.53 Å². The maximum Gasteiger partial charge on any atom is 0.239 e. The summed E-state index contributed by atoms with van der Waals surface area (Å²) in [6.07, 6.45) is 1.73. The summed E-state index contributed by atoms with van der Waals surface area (Å²) in [5.74, 6) is 0.0982. The average Bonchev–Trinajstić information content (AvgIpc) is 2.59. The first-order valence-corrected chi connectivity index (χ1v) is 6.44. The van der Waals surface area contributed by atoms with Crippen molar-refractivity contribution in [1.82, 2.24) is 9.80 Å². The molecule has 1 aliphatic heterocycles. The Morgan fingerprint density at radius 3 is 2.76 bits per heavy atom. The maximum atomic E-state index is 12.0. The summed E-state index contributed by atoms with van der Waals surface area (Å²) in [5.41, 5.74) is 5.79. The van der Waals surface area contributed by atoms with Crippen molar-refractivity contribution in [3.63, 3.8) is 0 Å². The Hall–Kier alpha value is -0.650. The van der Waals surface area contributed by atoms with Crippen LogP contribution in [0.1, 0.15) is 19.8 Å². The minimum Gasteiger partial charge on any atom is -0.383 e. The van der Waals surface area contributed by atoms with Gasteiger partial charge in [-0.2, -0.15) is 0 Å². The number of methoxy groups -OCH3 is 1. The van der Waals surface area contributed by atoms with E-state index in [1.165, 1.54) is 0 Å². The molecule has 2 N–H and O–H groups in total. The highest BCUT2D eigenvalue weighted by molar-refractivity contribution is 5.81. The van der Waals surface area contributed by atoms with Gasteiger partial charge in [-0.25, -0.2) is 0 Å². The predicted octanol–water partition coefficient (Wildman–Crippen LogP) is -0.0956. The van der Waals surface area contributed by atoms with Gasteiger partial charge in [0.05, 0.1) is 12.6 Å². The van der Waals surface area contributed by atoms with Crippen LogP contribution in [-0.4, -0.2) is 68.2 Å². The molecule has 0 saturated carbocycles. The molecule has 0 aromatic rings. The first-order chi connectivity index (χ1) is 8.19. The van der Waals surface area contributed by atoms with Gasteiger partial charge in [-0.1, -0.05) is 6.92 Å². The zero-order valence-corrected chi connectivity index (χ0v) is 11.0. The van der Waals surface area contributed by atoms with E-state index in [1.807, 2.05) is 11.8 Å². The van der Waals surface area contributed by atoms with Crippen LogP contribution < -0.4 is 5.73 Å². The van der Waals surface area contributed by atoms with Crippen LogP contribution in [0.4, 0.5) is 0 Å². The topological polar surface area (TPSA) is 58.8 Å². The van der Waals surface area contributed by atoms with E-state index in [2.05, 4.69) is 4.90 Å². The normalized spacial score (nSPS) is 20.1. The number of carbonyl (C=O) groups is 1. The van der Waals surface area contributed by atoms with E-state index in [1.54, 1.807) is 7.11 Å². The van der Waals surface area contributed by atoms with Gasteiger partial charge in [0, 0.05) is 33.3 Å². The Kier molecular flexibility index (Phi) is 6.47. The summed E-state index contributed by atoms with van der Waals surface area (Å²) >= 11 is 0. The number of rotatable bonds is 5. The number of amides is 1. The molecular formula is C12H25N3O2. The van der Waals surface area contributed by atoms with Gasteiger partial charge in [0.1, 0.15) is 0 Å². The van der Waals surface area contributed by atoms with Crippen LogP contribution in [0.3, 0.4) is 0 Å². The second-order valence-corrected chi connectivity index (χ2v) is 4.53. The standard InChI is InChI=1S/C12H25N3O2/c1-3-11(13)12(16)15-6-4-5-14(7-8-15)9-10-17-2/h11H,3-10,13H2,1-2H3. The molecule has 0 spiro atoms. The fourth-order valence-corrected chi connectivity index (χ4v) is 2.04. The number of ether oxygens (including phenoxy) is 1. The molecule has 1 aliphatic rings. The molecule has 0 bridgehead atoms. The van der Waals surface area contributed by atoms with Crippen molar-refractivity contribution < 1.29 is 9.53 Å². The fraction of sp³-hybridized carbons (Fsp3) is 0.917. The molecule has 1 fully saturated rings. The molecule has 5 heteroatoms. The first-order valence-electron chi connectivity index (χ1n) is 6.44. The molecule has 1 atom stereocenters. The lowest BCUT2D eigenvalue weighted by Gasteiger charge is -2.24. The molecule has 0 aliphatic carbocycles. The molecule has 0 aromatic heterocycles. The minimum absolute atomic E-state index is 0.0982. The van der Waals surface area contributed by atoms with Crippen LogP contribution in [0.15, 0.2) is 0 Å². The van der Waals surface area contributed by atoms with E-state index in [9.17, 15) is 4.79 Å². The van der Waals surface area contributed by atoms with Crippen molar-refractivity contribution >= 4 is 5.91 Å². The molecule has 1 amide bonds. The number of hydrogen-bond acceptors (Lipinski definition) is 4. The third-order valence-electron chi connectivity index (χ3n) is 3.27. The Balaban J connectivity index is 2.39. The van der Waals surface area contributed by atoms with Crippen molar-refractivity contribution in [2.45, 2.75) is 25.8 Å². The summed E-state index contributed by atoms with van der Waals surface area (Å²) in [4.78, 5) is 16.2. The molecule has 1 unspecified atom stereocenters. The quantitative estimate of drug-likeness (QED) is 0.733. The highest BCUT2D eigenvalue weighted by Crippen LogP contribution is 2.05. The van der Waals surface area contributed by atoms with Gasteiger partial charge in [0.2, 0.25) is 5.91 Å². The van der Waals surface area contributed by atoms with Crippen LogP contribution in [0, 0.1) is 0 Å². The fourth-order valence-electron chi connectivity index (χ4n) is 2.04. The van der Waals surface area contributed by atoms with Gasteiger partial charge in [-0.05, 0) is 19.4 Å². The molecule has 17 heavy (non-hydrogen) atoms. The lowest BCUT2D eigenvalue weighted by Crippen LogP contribution is -2.45. The third-order valence-corrected chi connectivity index (χ3v) is 3.27. The smallest absolute Gasteiger partial charge is 0.239 e. The largest absolute Gasteiger partial charge is 0.383 e. The molecule has 0 aromatic carbocycles. The Labute approximate surface area is 104 Å². The highest BCUT2D eigenvalue weighted by atomic mass is 16.5. The van der Waals surface area contributed by atoms with Crippen LogP contribution >= 0.6 is 0 Å². The van der Waals surface area contributed by atoms with Gasteiger partial charge in [0.15, 0.2) is 0 Å². The SMILES string of the molecule is CCC(N)C(=O)N1CCCN(CCOC)CC1. The number of nitrogens with zero attached hydrogens (tertiary/aromatic N) is 2. The summed E-state index contributed by atoms with van der Waals surface area (Å²) < 4.78 is 5.07. The highest BCUT2D eigenvalue weighted by Gasteiger charge is 2.22. The Morgan fingerprint density at radius 2 is 2.12 bits per heavy atom. The van der Waals surface area contributed by atoms with E-state index in [-0.39, 0.29) is 11.9 Å². The Bertz CT molecular complexity index is 236. The van der Waals surface area contributed by atoms with Gasteiger partial charge in [0.25, 0.3) is 0 Å². The van der Waals surface area contributed by atoms with E-state index < -0.39 is 0 Å². The van der Waals surface area contributed by atoms with Crippen LogP contribution in [0.5, 0.6) is 0 Å². The monoisotopic (exact) mass is 243 g/mol. The lowest BCUT2D eigenvalue weighted by atomic mass is 10.2. The van der Waals surface area contributed by atoms with E-state index >= 15 is 0 Å². The Morgan fingerprint density at radius 1 is 1.35 bits per heavy atom. The van der Waals surface area contributed by atoms with Gasteiger partial charge in [-0.3, -0.25) is 9.69 Å². The third kappa shape index (κ3) is 4.61. The summed E-state index contributed by atoms with van der Waals surface area (Å²) in [6.45, 7) is 7.22. The van der Waals surface area contributed by atoms with Crippen molar-refractivity contribution in [3.05, 3.63) is 0 Å². The van der Waals surface area contributed by atoms with E-state index in [0.717, 1.165) is 45.8 Å². The summed E-state index contributed by atoms with van der Waals surface area (Å²) in [6, 6.07) is -0.333. The first kappa shape index (κ1) is 14.4. The minimum atomic E-state index is -0.333. The van der Waals surface area contributed by atoms with Gasteiger partial charge in [-0.15, -0.1) is 0 Å². The second-order valence-electron chi connectivity index (χ2n) is 4.53. The molecule has 1 rings (SSSR count). The number of carbonyl (C=O) groups excluding carboxylic acids is 1. The second kappa shape index (κ2) is 7.63. The molecule has 0 radical (unpaired) electrons. The number of nitrogens with two attached hydrogens (primary N) is 1. The predicted molar refractivity (Wildman–Crippen MR) is 67.8 cm³/mol. The zero-order chi connectivity index (χ0) is 12.7. The lowest BCUT2D eigenvalue weighted by molar-refractivity contribution is -0.132. The molecule has 1 heterocycles. The molecule has 5 nitrogen and oxygen atoms in total. The molecular weight excluding hydrogens is 218 g/mol. The maximum absolute atomic E-state index is 12.0. The van der Waals surface area contributed by atoms with E-state index in [0.29, 0.717) is 6.42 Å². The molecule has 1 saturated heterocycles. The number of hydrogen-bond donors (Lipinski definition) is 1. The van der Waals surface area contributed by atoms with Crippen molar-refractivity contribution in [3.8, 4) is 0 Å². The zero-order valence-electron chi connectivity index (χ0n) is 11.0. The average molecular weight is 243 g/mol. The van der Waals surface area contributed by atoms with Crippen molar-refractivity contribution in [1.29, 1.82) is 0 Å². The van der Waals surface area contributed by atoms with E-state index in [4.69, 9.17) is 10.5 Å². The van der Waals surface area contributed by atoms with Crippen LogP contribution in [0.2, 0.25) is 0 Å². The molecule has 100 valence electrons.